The number of pyridine rings is 1. The number of halogens is 4. The number of carbonyl (C=O) groups excluding carboxylic acids is 1. The van der Waals surface area contributed by atoms with Gasteiger partial charge < -0.3 is 10.1 Å². The van der Waals surface area contributed by atoms with Gasteiger partial charge in [0, 0.05) is 11.8 Å². The maximum atomic E-state index is 12.2. The van der Waals surface area contributed by atoms with Gasteiger partial charge >= 0.3 is 0 Å². The third kappa shape index (κ3) is 3.52. The van der Waals surface area contributed by atoms with Gasteiger partial charge in [-0.15, -0.1) is 0 Å². The molecule has 2 aromatic rings. The molecule has 0 aliphatic carbocycles. The van der Waals surface area contributed by atoms with Gasteiger partial charge in [0.25, 0.3) is 5.91 Å². The van der Waals surface area contributed by atoms with Crippen LogP contribution in [0.2, 0.25) is 20.2 Å². The molecule has 0 bridgehead atoms. The molecule has 0 saturated heterocycles. The number of rotatable bonds is 3. The lowest BCUT2D eigenvalue weighted by atomic mass is 10.2. The monoisotopic (exact) mass is 364 g/mol. The summed E-state index contributed by atoms with van der Waals surface area (Å²) in [5, 5.41) is 2.44. The van der Waals surface area contributed by atoms with Crippen molar-refractivity contribution in [2.24, 2.45) is 0 Å². The Bertz CT molecular complexity index is 707. The van der Waals surface area contributed by atoms with E-state index in [1.54, 1.807) is 24.3 Å². The number of amides is 1. The summed E-state index contributed by atoms with van der Waals surface area (Å²) in [7, 11) is 1.53. The molecule has 110 valence electrons. The van der Waals surface area contributed by atoms with Crippen molar-refractivity contribution < 1.29 is 9.53 Å². The number of nitrogens with one attached hydrogen (secondary N) is 1. The SMILES string of the molecule is COc1cccc(NC(=O)c2nc(Cl)c(Cl)c(Cl)c2Cl)c1. The Morgan fingerprint density at radius 2 is 1.86 bits per heavy atom. The van der Waals surface area contributed by atoms with Crippen LogP contribution in [0.4, 0.5) is 5.69 Å². The number of methoxy groups -OCH3 is 1. The van der Waals surface area contributed by atoms with E-state index in [0.29, 0.717) is 11.4 Å². The first-order valence-corrected chi connectivity index (χ1v) is 7.10. The summed E-state index contributed by atoms with van der Waals surface area (Å²) in [6.07, 6.45) is 0. The number of benzene rings is 1. The fourth-order valence-corrected chi connectivity index (χ4v) is 2.34. The van der Waals surface area contributed by atoms with E-state index in [1.165, 1.54) is 7.11 Å². The van der Waals surface area contributed by atoms with Crippen molar-refractivity contribution in [3.05, 3.63) is 50.2 Å². The van der Waals surface area contributed by atoms with E-state index in [2.05, 4.69) is 10.3 Å². The van der Waals surface area contributed by atoms with Crippen LogP contribution in [0, 0.1) is 0 Å². The molecule has 0 aliphatic rings. The molecule has 1 heterocycles. The van der Waals surface area contributed by atoms with E-state index >= 15 is 0 Å². The minimum atomic E-state index is -0.561. The first kappa shape index (κ1) is 16.2. The Morgan fingerprint density at radius 3 is 2.52 bits per heavy atom. The second-order valence-corrected chi connectivity index (χ2v) is 5.37. The summed E-state index contributed by atoms with van der Waals surface area (Å²) in [6.45, 7) is 0. The van der Waals surface area contributed by atoms with Gasteiger partial charge in [0.1, 0.15) is 16.6 Å². The van der Waals surface area contributed by atoms with Crippen molar-refractivity contribution >= 4 is 58.0 Å². The fraction of sp³-hybridized carbons (Fsp3) is 0.0769. The van der Waals surface area contributed by atoms with E-state index in [4.69, 9.17) is 51.1 Å². The van der Waals surface area contributed by atoms with E-state index in [-0.39, 0.29) is 25.9 Å². The molecule has 1 aromatic carbocycles. The highest BCUT2D eigenvalue weighted by molar-refractivity contribution is 6.52. The van der Waals surface area contributed by atoms with Crippen LogP contribution in [0.3, 0.4) is 0 Å². The minimum Gasteiger partial charge on any atom is -0.497 e. The molecule has 21 heavy (non-hydrogen) atoms. The normalized spacial score (nSPS) is 10.3. The number of carbonyl (C=O) groups is 1. The molecule has 0 atom stereocenters. The Labute approximate surface area is 140 Å². The molecule has 0 radical (unpaired) electrons. The van der Waals surface area contributed by atoms with Gasteiger partial charge in [0.15, 0.2) is 0 Å². The molecular weight excluding hydrogens is 358 g/mol. The van der Waals surface area contributed by atoms with Gasteiger partial charge in [-0.25, -0.2) is 4.98 Å². The first-order valence-electron chi connectivity index (χ1n) is 5.59. The zero-order valence-corrected chi connectivity index (χ0v) is 13.6. The number of hydrogen-bond acceptors (Lipinski definition) is 3. The molecule has 4 nitrogen and oxygen atoms in total. The molecule has 1 amide bonds. The lowest BCUT2D eigenvalue weighted by Gasteiger charge is -2.09. The van der Waals surface area contributed by atoms with Crippen LogP contribution in [0.1, 0.15) is 10.5 Å². The molecule has 0 spiro atoms. The minimum absolute atomic E-state index is 0.00117. The summed E-state index contributed by atoms with van der Waals surface area (Å²) in [5.74, 6) is 0.0350. The second kappa shape index (κ2) is 6.71. The van der Waals surface area contributed by atoms with E-state index in [9.17, 15) is 4.79 Å². The van der Waals surface area contributed by atoms with Crippen LogP contribution in [-0.4, -0.2) is 18.0 Å². The number of hydrogen-bond donors (Lipinski definition) is 1. The highest BCUT2D eigenvalue weighted by Gasteiger charge is 2.20. The smallest absolute Gasteiger partial charge is 0.275 e. The van der Waals surface area contributed by atoms with Crippen molar-refractivity contribution in [3.63, 3.8) is 0 Å². The zero-order chi connectivity index (χ0) is 15.6. The van der Waals surface area contributed by atoms with Crippen LogP contribution in [0.15, 0.2) is 24.3 Å². The van der Waals surface area contributed by atoms with Crippen LogP contribution < -0.4 is 10.1 Å². The Morgan fingerprint density at radius 1 is 1.14 bits per heavy atom. The van der Waals surface area contributed by atoms with Gasteiger partial charge in [-0.3, -0.25) is 4.79 Å². The average molecular weight is 366 g/mol. The summed E-state index contributed by atoms with van der Waals surface area (Å²) < 4.78 is 5.07. The second-order valence-electron chi connectivity index (χ2n) is 3.88. The van der Waals surface area contributed by atoms with Gasteiger partial charge in [-0.1, -0.05) is 52.5 Å². The fourth-order valence-electron chi connectivity index (χ4n) is 1.53. The predicted molar refractivity (Wildman–Crippen MR) is 85.2 cm³/mol. The quantitative estimate of drug-likeness (QED) is 0.782. The van der Waals surface area contributed by atoms with Crippen molar-refractivity contribution in [3.8, 4) is 5.75 Å². The van der Waals surface area contributed by atoms with Crippen LogP contribution in [0.25, 0.3) is 0 Å². The number of anilines is 1. The molecule has 1 aromatic heterocycles. The largest absolute Gasteiger partial charge is 0.497 e. The van der Waals surface area contributed by atoms with Crippen LogP contribution in [-0.2, 0) is 0 Å². The summed E-state index contributed by atoms with van der Waals surface area (Å²) in [5.41, 5.74) is 0.401. The maximum absolute atomic E-state index is 12.2. The lowest BCUT2D eigenvalue weighted by Crippen LogP contribution is -2.15. The van der Waals surface area contributed by atoms with Gasteiger partial charge in [-0.05, 0) is 12.1 Å². The third-order valence-corrected chi connectivity index (χ3v) is 4.20. The number of ether oxygens (including phenoxy) is 1. The molecule has 0 fully saturated rings. The predicted octanol–water partition coefficient (Wildman–Crippen LogP) is 4.96. The van der Waals surface area contributed by atoms with E-state index in [1.807, 2.05) is 0 Å². The number of nitrogens with zero attached hydrogens (tertiary/aromatic N) is 1. The molecule has 0 unspecified atom stereocenters. The standard InChI is InChI=1S/C13H8Cl4N2O2/c1-21-7-4-2-3-6(5-7)18-13(20)11-9(15)8(14)10(16)12(17)19-11/h2-5H,1H3,(H,18,20). The molecular formula is C13H8Cl4N2O2. The molecule has 0 saturated carbocycles. The Kier molecular flexibility index (Phi) is 5.17. The third-order valence-electron chi connectivity index (χ3n) is 2.53. The van der Waals surface area contributed by atoms with Crippen molar-refractivity contribution in [1.29, 1.82) is 0 Å². The summed E-state index contributed by atoms with van der Waals surface area (Å²) in [6, 6.07) is 6.81. The molecule has 2 rings (SSSR count). The zero-order valence-electron chi connectivity index (χ0n) is 10.6. The Hall–Kier alpha value is -1.20. The first-order chi connectivity index (χ1) is 9.93. The number of aromatic nitrogens is 1. The van der Waals surface area contributed by atoms with Crippen molar-refractivity contribution in [2.45, 2.75) is 0 Å². The summed E-state index contributed by atoms with van der Waals surface area (Å²) >= 11 is 23.5. The van der Waals surface area contributed by atoms with Crippen LogP contribution in [0.5, 0.6) is 5.75 Å². The van der Waals surface area contributed by atoms with Gasteiger partial charge in [0.05, 0.1) is 22.2 Å². The van der Waals surface area contributed by atoms with E-state index < -0.39 is 5.91 Å². The lowest BCUT2D eigenvalue weighted by molar-refractivity contribution is 0.102. The van der Waals surface area contributed by atoms with Crippen molar-refractivity contribution in [1.82, 2.24) is 4.98 Å². The average Bonchev–Trinajstić information content (AvgIpc) is 2.48. The van der Waals surface area contributed by atoms with Gasteiger partial charge in [0.2, 0.25) is 0 Å². The van der Waals surface area contributed by atoms with Crippen LogP contribution >= 0.6 is 46.4 Å². The topological polar surface area (TPSA) is 51.2 Å². The Balaban J connectivity index is 2.32. The molecule has 8 heteroatoms. The highest BCUT2D eigenvalue weighted by atomic mass is 35.5. The van der Waals surface area contributed by atoms with E-state index in [0.717, 1.165) is 0 Å². The van der Waals surface area contributed by atoms with Gasteiger partial charge in [-0.2, -0.15) is 0 Å². The summed E-state index contributed by atoms with van der Waals surface area (Å²) in [4.78, 5) is 16.0. The maximum Gasteiger partial charge on any atom is 0.275 e. The molecule has 0 aliphatic heterocycles. The molecule has 1 N–H and O–H groups in total. The van der Waals surface area contributed by atoms with Crippen molar-refractivity contribution in [2.75, 3.05) is 12.4 Å². The highest BCUT2D eigenvalue weighted by Crippen LogP contribution is 2.36.